The van der Waals surface area contributed by atoms with Crippen molar-refractivity contribution in [3.05, 3.63) is 60.2 Å². The number of carbonyl (C=O) groups excluding carboxylic acids is 1. The smallest absolute Gasteiger partial charge is 0.140 e. The molecule has 0 aliphatic carbocycles. The zero-order valence-electron chi connectivity index (χ0n) is 14.3. The van der Waals surface area contributed by atoms with Crippen LogP contribution in [0.2, 0.25) is 0 Å². The first-order valence-electron chi connectivity index (χ1n) is 9.10. The Bertz CT molecular complexity index is 693. The quantitative estimate of drug-likeness (QED) is 0.835. The Balaban J connectivity index is 1.41. The molecule has 2 unspecified atom stereocenters. The fraction of sp³-hybridized carbons (Fsp3) is 0.409. The van der Waals surface area contributed by atoms with Gasteiger partial charge in [0, 0.05) is 24.4 Å². The van der Waals surface area contributed by atoms with Crippen LogP contribution in [-0.2, 0) is 11.2 Å². The van der Waals surface area contributed by atoms with Crippen molar-refractivity contribution >= 4 is 5.78 Å². The van der Waals surface area contributed by atoms with Gasteiger partial charge >= 0.3 is 0 Å². The van der Waals surface area contributed by atoms with Crippen LogP contribution < -0.4 is 0 Å². The zero-order valence-corrected chi connectivity index (χ0v) is 14.3. The Morgan fingerprint density at radius 2 is 1.50 bits per heavy atom. The Morgan fingerprint density at radius 1 is 0.917 bits per heavy atom. The van der Waals surface area contributed by atoms with E-state index in [4.69, 9.17) is 0 Å². The van der Waals surface area contributed by atoms with Crippen LogP contribution in [0.5, 0.6) is 0 Å². The monoisotopic (exact) mass is 319 g/mol. The third kappa shape index (κ3) is 3.03. The van der Waals surface area contributed by atoms with Gasteiger partial charge in [0.15, 0.2) is 0 Å². The first kappa shape index (κ1) is 15.6. The maximum atomic E-state index is 12.7. The third-order valence-electron chi connectivity index (χ3n) is 5.99. The number of hydrogen-bond donors (Lipinski definition) is 0. The molecule has 0 amide bonds. The molecule has 2 aliphatic rings. The van der Waals surface area contributed by atoms with Crippen molar-refractivity contribution in [1.82, 2.24) is 4.90 Å². The lowest BCUT2D eigenvalue weighted by molar-refractivity contribution is -0.124. The van der Waals surface area contributed by atoms with Crippen molar-refractivity contribution in [2.75, 3.05) is 7.05 Å². The molecule has 2 aromatic carbocycles. The first-order chi connectivity index (χ1) is 11.7. The fourth-order valence-electron chi connectivity index (χ4n) is 4.47. The number of piperidine rings is 1. The van der Waals surface area contributed by atoms with Gasteiger partial charge in [-0.1, -0.05) is 54.6 Å². The molecule has 24 heavy (non-hydrogen) atoms. The highest BCUT2D eigenvalue weighted by Gasteiger charge is 2.40. The van der Waals surface area contributed by atoms with E-state index in [2.05, 4.69) is 60.5 Å². The highest BCUT2D eigenvalue weighted by atomic mass is 16.1. The van der Waals surface area contributed by atoms with E-state index in [1.165, 1.54) is 24.0 Å². The number of rotatable bonds is 4. The molecule has 2 nitrogen and oxygen atoms in total. The van der Waals surface area contributed by atoms with Crippen molar-refractivity contribution in [2.45, 2.75) is 44.2 Å². The summed E-state index contributed by atoms with van der Waals surface area (Å²) >= 11 is 0. The van der Waals surface area contributed by atoms with Gasteiger partial charge in [-0.15, -0.1) is 0 Å². The number of fused-ring (bicyclic) bond motifs is 2. The first-order valence-corrected chi connectivity index (χ1v) is 9.10. The number of Topliss-reactive ketones (excluding diaryl/α,β-unsaturated/α-hetero) is 1. The number of benzene rings is 2. The zero-order chi connectivity index (χ0) is 16.5. The van der Waals surface area contributed by atoms with Gasteiger partial charge in [-0.05, 0) is 49.4 Å². The second-order valence-corrected chi connectivity index (χ2v) is 7.42. The minimum Gasteiger partial charge on any atom is -0.300 e. The molecule has 0 saturated carbocycles. The van der Waals surface area contributed by atoms with E-state index in [1.807, 2.05) is 6.07 Å². The Kier molecular flexibility index (Phi) is 4.24. The summed E-state index contributed by atoms with van der Waals surface area (Å²) in [6.07, 6.45) is 5.26. The third-order valence-corrected chi connectivity index (χ3v) is 5.99. The van der Waals surface area contributed by atoms with Gasteiger partial charge in [0.25, 0.3) is 0 Å². The molecule has 0 radical (unpaired) electrons. The van der Waals surface area contributed by atoms with Crippen LogP contribution >= 0.6 is 0 Å². The average Bonchev–Trinajstić information content (AvgIpc) is 2.84. The lowest BCUT2D eigenvalue weighted by atomic mass is 9.85. The molecule has 124 valence electrons. The van der Waals surface area contributed by atoms with E-state index in [1.54, 1.807) is 0 Å². The molecule has 2 fully saturated rings. The molecule has 2 heteroatoms. The highest BCUT2D eigenvalue weighted by molar-refractivity contribution is 5.83. The molecule has 2 aliphatic heterocycles. The highest BCUT2D eigenvalue weighted by Crippen LogP contribution is 2.38. The van der Waals surface area contributed by atoms with Crippen LogP contribution in [0, 0.1) is 5.92 Å². The van der Waals surface area contributed by atoms with Crippen LogP contribution in [0.25, 0.3) is 11.1 Å². The van der Waals surface area contributed by atoms with Gasteiger partial charge < -0.3 is 4.90 Å². The van der Waals surface area contributed by atoms with Crippen LogP contribution in [0.4, 0.5) is 0 Å². The molecule has 2 saturated heterocycles. The molecule has 2 atom stereocenters. The summed E-state index contributed by atoms with van der Waals surface area (Å²) in [5, 5.41) is 0. The van der Waals surface area contributed by atoms with E-state index in [0.717, 1.165) is 18.4 Å². The number of nitrogens with zero attached hydrogens (tertiary/aromatic N) is 1. The molecule has 2 aromatic rings. The summed E-state index contributed by atoms with van der Waals surface area (Å²) < 4.78 is 0. The van der Waals surface area contributed by atoms with Gasteiger partial charge in [-0.2, -0.15) is 0 Å². The largest absolute Gasteiger partial charge is 0.300 e. The summed E-state index contributed by atoms with van der Waals surface area (Å²) in [6.45, 7) is 0. The van der Waals surface area contributed by atoms with E-state index >= 15 is 0 Å². The summed E-state index contributed by atoms with van der Waals surface area (Å²) in [6, 6.07) is 20.2. The van der Waals surface area contributed by atoms with Crippen LogP contribution in [0.15, 0.2) is 54.6 Å². The molecular weight excluding hydrogens is 294 g/mol. The van der Waals surface area contributed by atoms with Crippen LogP contribution in [0.1, 0.15) is 31.2 Å². The van der Waals surface area contributed by atoms with Gasteiger partial charge in [0.2, 0.25) is 0 Å². The fourth-order valence-corrected chi connectivity index (χ4v) is 4.47. The van der Waals surface area contributed by atoms with Crippen LogP contribution in [-0.4, -0.2) is 29.8 Å². The summed E-state index contributed by atoms with van der Waals surface area (Å²) in [5.74, 6) is 0.708. The Morgan fingerprint density at radius 3 is 2.12 bits per heavy atom. The van der Waals surface area contributed by atoms with Gasteiger partial charge in [-0.3, -0.25) is 4.79 Å². The lowest BCUT2D eigenvalue weighted by Gasteiger charge is -2.35. The number of carbonyl (C=O) groups is 1. The van der Waals surface area contributed by atoms with Gasteiger partial charge in [0.1, 0.15) is 5.78 Å². The van der Waals surface area contributed by atoms with Gasteiger partial charge in [0.05, 0.1) is 0 Å². The Labute approximate surface area is 144 Å². The topological polar surface area (TPSA) is 20.3 Å². The van der Waals surface area contributed by atoms with Crippen molar-refractivity contribution in [3.8, 4) is 11.1 Å². The standard InChI is InChI=1S/C22H25NO/c1-23-20-11-12-21(23)15-19(14-20)22(24)13-16-7-9-18(10-8-16)17-5-3-2-4-6-17/h2-10,19-21H,11-15H2,1H3. The minimum absolute atomic E-state index is 0.271. The van der Waals surface area contributed by atoms with Crippen molar-refractivity contribution in [1.29, 1.82) is 0 Å². The summed E-state index contributed by atoms with van der Waals surface area (Å²) in [5.41, 5.74) is 3.58. The maximum Gasteiger partial charge on any atom is 0.140 e. The molecular formula is C22H25NO. The van der Waals surface area contributed by atoms with E-state index in [9.17, 15) is 4.79 Å². The number of hydrogen-bond acceptors (Lipinski definition) is 2. The predicted octanol–water partition coefficient (Wildman–Crippen LogP) is 4.34. The van der Waals surface area contributed by atoms with Crippen molar-refractivity contribution in [2.24, 2.45) is 5.92 Å². The molecule has 0 aromatic heterocycles. The van der Waals surface area contributed by atoms with Gasteiger partial charge in [-0.25, -0.2) is 0 Å². The van der Waals surface area contributed by atoms with E-state index in [-0.39, 0.29) is 5.92 Å². The maximum absolute atomic E-state index is 12.7. The van der Waals surface area contributed by atoms with Crippen LogP contribution in [0.3, 0.4) is 0 Å². The normalized spacial score (nSPS) is 26.5. The van der Waals surface area contributed by atoms with Crippen molar-refractivity contribution < 1.29 is 4.79 Å². The SMILES string of the molecule is CN1C2CCC1CC(C(=O)Cc1ccc(-c3ccccc3)cc1)C2. The molecule has 2 bridgehead atoms. The second-order valence-electron chi connectivity index (χ2n) is 7.42. The molecule has 4 rings (SSSR count). The molecule has 0 spiro atoms. The summed E-state index contributed by atoms with van der Waals surface area (Å²) in [4.78, 5) is 15.2. The van der Waals surface area contributed by atoms with E-state index < -0.39 is 0 Å². The average molecular weight is 319 g/mol. The molecule has 2 heterocycles. The molecule has 0 N–H and O–H groups in total. The number of ketones is 1. The summed E-state index contributed by atoms with van der Waals surface area (Å²) in [7, 11) is 2.23. The van der Waals surface area contributed by atoms with Crippen molar-refractivity contribution in [3.63, 3.8) is 0 Å². The Hall–Kier alpha value is -1.93. The van der Waals surface area contributed by atoms with E-state index in [0.29, 0.717) is 24.3 Å². The second kappa shape index (κ2) is 6.52. The minimum atomic E-state index is 0.271. The lowest BCUT2D eigenvalue weighted by Crippen LogP contribution is -2.42. The predicted molar refractivity (Wildman–Crippen MR) is 97.9 cm³/mol.